The molecule has 0 saturated heterocycles. The minimum atomic E-state index is -3.82. The van der Waals surface area contributed by atoms with Gasteiger partial charge in [-0.2, -0.15) is 0 Å². The van der Waals surface area contributed by atoms with Crippen LogP contribution in [0.5, 0.6) is 0 Å². The Morgan fingerprint density at radius 2 is 1.84 bits per heavy atom. The fourth-order valence-electron chi connectivity index (χ4n) is 1.47. The Hall–Kier alpha value is -2.41. The molecule has 0 aliphatic rings. The van der Waals surface area contributed by atoms with E-state index in [1.54, 1.807) is 18.2 Å². The third-order valence-corrected chi connectivity index (χ3v) is 3.73. The smallest absolute Gasteiger partial charge is 0.337 e. The third-order valence-electron chi connectivity index (χ3n) is 2.35. The third kappa shape index (κ3) is 2.89. The van der Waals surface area contributed by atoms with E-state index in [4.69, 9.17) is 5.11 Å². The summed E-state index contributed by atoms with van der Waals surface area (Å²) in [7, 11) is -3.82. The first-order chi connectivity index (χ1) is 9.00. The van der Waals surface area contributed by atoms with Gasteiger partial charge in [0.15, 0.2) is 0 Å². The van der Waals surface area contributed by atoms with Gasteiger partial charge in [0, 0.05) is 6.20 Å². The standard InChI is InChI=1S/C12H10N2O4S/c15-12(16)10-6-7-13-8-11(10)14-19(17,18)9-4-2-1-3-5-9/h1-8,14H,(H,15,16). The second kappa shape index (κ2) is 5.07. The summed E-state index contributed by atoms with van der Waals surface area (Å²) in [5.74, 6) is -1.23. The van der Waals surface area contributed by atoms with Crippen molar-refractivity contribution < 1.29 is 18.3 Å². The van der Waals surface area contributed by atoms with Crippen LogP contribution in [0.1, 0.15) is 10.4 Å². The molecule has 7 heteroatoms. The maximum Gasteiger partial charge on any atom is 0.337 e. The molecule has 1 aromatic carbocycles. The van der Waals surface area contributed by atoms with Gasteiger partial charge in [0.25, 0.3) is 10.0 Å². The predicted molar refractivity (Wildman–Crippen MR) is 68.4 cm³/mol. The summed E-state index contributed by atoms with van der Waals surface area (Å²) < 4.78 is 26.3. The van der Waals surface area contributed by atoms with Gasteiger partial charge < -0.3 is 5.11 Å². The van der Waals surface area contributed by atoms with Gasteiger partial charge in [-0.05, 0) is 18.2 Å². The number of aromatic nitrogens is 1. The molecule has 0 unspecified atom stereocenters. The number of nitrogens with zero attached hydrogens (tertiary/aromatic N) is 1. The summed E-state index contributed by atoms with van der Waals surface area (Å²) in [4.78, 5) is 14.7. The van der Waals surface area contributed by atoms with Crippen LogP contribution >= 0.6 is 0 Å². The summed E-state index contributed by atoms with van der Waals surface area (Å²) >= 11 is 0. The molecule has 0 bridgehead atoms. The van der Waals surface area contributed by atoms with Gasteiger partial charge >= 0.3 is 5.97 Å². The minimum Gasteiger partial charge on any atom is -0.478 e. The molecule has 2 aromatic rings. The number of benzene rings is 1. The Balaban J connectivity index is 2.39. The van der Waals surface area contributed by atoms with Gasteiger partial charge in [0.1, 0.15) is 0 Å². The Labute approximate surface area is 109 Å². The zero-order chi connectivity index (χ0) is 13.9. The fourth-order valence-corrected chi connectivity index (χ4v) is 2.55. The zero-order valence-corrected chi connectivity index (χ0v) is 10.5. The molecular weight excluding hydrogens is 268 g/mol. The summed E-state index contributed by atoms with van der Waals surface area (Å²) in [5, 5.41) is 8.97. The fraction of sp³-hybridized carbons (Fsp3) is 0. The number of pyridine rings is 1. The van der Waals surface area contributed by atoms with E-state index in [2.05, 4.69) is 9.71 Å². The second-order valence-corrected chi connectivity index (χ2v) is 5.33. The summed E-state index contributed by atoms with van der Waals surface area (Å²) in [5.41, 5.74) is -0.228. The summed E-state index contributed by atoms with van der Waals surface area (Å²) in [6.07, 6.45) is 2.44. The van der Waals surface area contributed by atoms with Gasteiger partial charge in [0.2, 0.25) is 0 Å². The monoisotopic (exact) mass is 278 g/mol. The van der Waals surface area contributed by atoms with E-state index in [1.807, 2.05) is 0 Å². The summed E-state index contributed by atoms with van der Waals surface area (Å²) in [6, 6.07) is 8.90. The van der Waals surface area contributed by atoms with E-state index >= 15 is 0 Å². The molecule has 2 N–H and O–H groups in total. The van der Waals surface area contributed by atoms with Crippen LogP contribution in [0.2, 0.25) is 0 Å². The van der Waals surface area contributed by atoms with Crippen molar-refractivity contribution in [1.82, 2.24) is 4.98 Å². The van der Waals surface area contributed by atoms with Gasteiger partial charge in [0.05, 0.1) is 22.3 Å². The van der Waals surface area contributed by atoms with Crippen LogP contribution in [0.3, 0.4) is 0 Å². The molecular formula is C12H10N2O4S. The van der Waals surface area contributed by atoms with Crippen LogP contribution in [0.15, 0.2) is 53.7 Å². The molecule has 98 valence electrons. The lowest BCUT2D eigenvalue weighted by Crippen LogP contribution is -2.15. The molecule has 0 spiro atoms. The number of carboxylic acid groups (broad SMARTS) is 1. The minimum absolute atomic E-state index is 0.0511. The van der Waals surface area contributed by atoms with Crippen LogP contribution in [-0.2, 0) is 10.0 Å². The van der Waals surface area contributed by atoms with E-state index in [0.717, 1.165) is 6.20 Å². The average molecular weight is 278 g/mol. The number of carboxylic acids is 1. The van der Waals surface area contributed by atoms with Crippen molar-refractivity contribution in [2.75, 3.05) is 4.72 Å². The number of aromatic carboxylic acids is 1. The highest BCUT2D eigenvalue weighted by molar-refractivity contribution is 7.92. The number of hydrogen-bond acceptors (Lipinski definition) is 4. The molecule has 0 aliphatic heterocycles. The zero-order valence-electron chi connectivity index (χ0n) is 9.65. The lowest BCUT2D eigenvalue weighted by molar-refractivity contribution is 0.0698. The quantitative estimate of drug-likeness (QED) is 0.885. The van der Waals surface area contributed by atoms with E-state index in [0.29, 0.717) is 0 Å². The van der Waals surface area contributed by atoms with Gasteiger partial charge in [-0.15, -0.1) is 0 Å². The Morgan fingerprint density at radius 3 is 2.47 bits per heavy atom. The number of hydrogen-bond donors (Lipinski definition) is 2. The second-order valence-electron chi connectivity index (χ2n) is 3.64. The number of nitrogens with one attached hydrogen (secondary N) is 1. The molecule has 0 atom stereocenters. The average Bonchev–Trinajstić information content (AvgIpc) is 2.39. The van der Waals surface area contributed by atoms with E-state index in [-0.39, 0.29) is 16.1 Å². The Kier molecular flexibility index (Phi) is 3.48. The normalized spacial score (nSPS) is 10.9. The number of anilines is 1. The lowest BCUT2D eigenvalue weighted by Gasteiger charge is -2.09. The first-order valence-electron chi connectivity index (χ1n) is 5.26. The van der Waals surface area contributed by atoms with Crippen molar-refractivity contribution in [2.24, 2.45) is 0 Å². The van der Waals surface area contributed by atoms with E-state index < -0.39 is 16.0 Å². The summed E-state index contributed by atoms with van der Waals surface area (Å²) in [6.45, 7) is 0. The highest BCUT2D eigenvalue weighted by Crippen LogP contribution is 2.18. The predicted octanol–water partition coefficient (Wildman–Crippen LogP) is 1.58. The molecule has 0 aliphatic carbocycles. The molecule has 0 radical (unpaired) electrons. The van der Waals surface area contributed by atoms with Crippen molar-refractivity contribution in [2.45, 2.75) is 4.90 Å². The molecule has 2 rings (SSSR count). The van der Waals surface area contributed by atoms with Crippen molar-refractivity contribution in [1.29, 1.82) is 0 Å². The van der Waals surface area contributed by atoms with Crippen molar-refractivity contribution in [3.63, 3.8) is 0 Å². The largest absolute Gasteiger partial charge is 0.478 e. The first kappa shape index (κ1) is 13.0. The van der Waals surface area contributed by atoms with Crippen LogP contribution in [0.4, 0.5) is 5.69 Å². The van der Waals surface area contributed by atoms with Gasteiger partial charge in [-0.3, -0.25) is 9.71 Å². The van der Waals surface area contributed by atoms with Crippen LogP contribution in [-0.4, -0.2) is 24.5 Å². The van der Waals surface area contributed by atoms with Crippen LogP contribution in [0, 0.1) is 0 Å². The van der Waals surface area contributed by atoms with Crippen molar-refractivity contribution in [3.8, 4) is 0 Å². The highest BCUT2D eigenvalue weighted by atomic mass is 32.2. The van der Waals surface area contributed by atoms with E-state index in [9.17, 15) is 13.2 Å². The molecule has 0 saturated carbocycles. The van der Waals surface area contributed by atoms with Crippen LogP contribution < -0.4 is 4.72 Å². The Morgan fingerprint density at radius 1 is 1.16 bits per heavy atom. The molecule has 0 amide bonds. The molecule has 6 nitrogen and oxygen atoms in total. The topological polar surface area (TPSA) is 96.4 Å². The van der Waals surface area contributed by atoms with Gasteiger partial charge in [-0.25, -0.2) is 13.2 Å². The maximum absolute atomic E-state index is 12.0. The Bertz CT molecular complexity index is 699. The lowest BCUT2D eigenvalue weighted by atomic mass is 10.2. The molecule has 1 aromatic heterocycles. The molecule has 1 heterocycles. The molecule has 0 fully saturated rings. The maximum atomic E-state index is 12.0. The van der Waals surface area contributed by atoms with Crippen molar-refractivity contribution >= 4 is 21.7 Å². The molecule has 19 heavy (non-hydrogen) atoms. The SMILES string of the molecule is O=C(O)c1ccncc1NS(=O)(=O)c1ccccc1. The highest BCUT2D eigenvalue weighted by Gasteiger charge is 2.17. The van der Waals surface area contributed by atoms with Crippen LogP contribution in [0.25, 0.3) is 0 Å². The first-order valence-corrected chi connectivity index (χ1v) is 6.74. The van der Waals surface area contributed by atoms with Crippen molar-refractivity contribution in [3.05, 3.63) is 54.4 Å². The number of carbonyl (C=O) groups is 1. The number of sulfonamides is 1. The number of rotatable bonds is 4. The van der Waals surface area contributed by atoms with E-state index in [1.165, 1.54) is 24.4 Å². The van der Waals surface area contributed by atoms with Gasteiger partial charge in [-0.1, -0.05) is 18.2 Å².